The van der Waals surface area contributed by atoms with Crippen molar-refractivity contribution in [2.75, 3.05) is 26.2 Å². The summed E-state index contributed by atoms with van der Waals surface area (Å²) in [7, 11) is 0. The number of aryl methyl sites for hydroxylation is 1. The quantitative estimate of drug-likeness (QED) is 0.355. The molecule has 2 rings (SSSR count). The van der Waals surface area contributed by atoms with Gasteiger partial charge in [-0.1, -0.05) is 12.1 Å². The molecule has 1 amide bonds. The van der Waals surface area contributed by atoms with Gasteiger partial charge < -0.3 is 20.9 Å². The van der Waals surface area contributed by atoms with Crippen molar-refractivity contribution in [3.63, 3.8) is 0 Å². The fraction of sp³-hybridized carbons (Fsp3) is 0.444. The van der Waals surface area contributed by atoms with Crippen LogP contribution in [0.15, 0.2) is 29.4 Å². The van der Waals surface area contributed by atoms with E-state index < -0.39 is 0 Å². The molecular formula is C18H27N5O. The van der Waals surface area contributed by atoms with Crippen LogP contribution in [-0.4, -0.2) is 43.0 Å². The molecule has 6 heteroatoms. The average molecular weight is 329 g/mol. The molecule has 0 unspecified atom stereocenters. The number of guanidine groups is 1. The Morgan fingerprint density at radius 3 is 2.75 bits per heavy atom. The maximum absolute atomic E-state index is 10.9. The molecule has 0 spiro atoms. The summed E-state index contributed by atoms with van der Waals surface area (Å²) < 4.78 is 0. The average Bonchev–Trinajstić information content (AvgIpc) is 2.93. The van der Waals surface area contributed by atoms with E-state index in [0.29, 0.717) is 19.6 Å². The van der Waals surface area contributed by atoms with Crippen LogP contribution in [0.1, 0.15) is 25.0 Å². The van der Waals surface area contributed by atoms with Crippen molar-refractivity contribution in [1.29, 1.82) is 0 Å². The molecular weight excluding hydrogens is 302 g/mol. The Morgan fingerprint density at radius 1 is 1.21 bits per heavy atom. The van der Waals surface area contributed by atoms with E-state index in [0.717, 1.165) is 18.9 Å². The third-order valence-corrected chi connectivity index (χ3v) is 3.71. The molecule has 1 aromatic carbocycles. The Balaban J connectivity index is 1.89. The highest BCUT2D eigenvalue weighted by atomic mass is 16.1. The number of amides is 1. The van der Waals surface area contributed by atoms with Crippen molar-refractivity contribution in [2.24, 2.45) is 4.99 Å². The summed E-state index contributed by atoms with van der Waals surface area (Å²) in [4.78, 5) is 18.8. The minimum Gasteiger partial charge on any atom is -0.361 e. The van der Waals surface area contributed by atoms with E-state index >= 15 is 0 Å². The van der Waals surface area contributed by atoms with Gasteiger partial charge in [-0.3, -0.25) is 9.79 Å². The third-order valence-electron chi connectivity index (χ3n) is 3.71. The van der Waals surface area contributed by atoms with Crippen LogP contribution in [0.3, 0.4) is 0 Å². The van der Waals surface area contributed by atoms with Gasteiger partial charge in [-0.05, 0) is 37.5 Å². The molecule has 0 aliphatic heterocycles. The van der Waals surface area contributed by atoms with E-state index in [4.69, 9.17) is 0 Å². The number of carbonyl (C=O) groups is 1. The molecule has 0 aliphatic carbocycles. The molecule has 24 heavy (non-hydrogen) atoms. The number of rotatable bonds is 7. The summed E-state index contributed by atoms with van der Waals surface area (Å²) in [5.74, 6) is 0.756. The maximum atomic E-state index is 10.9. The molecule has 1 aromatic heterocycles. The SMILES string of the molecule is CCNC(=NCCc1c[nH]c2cc(C)ccc12)NCCNC(C)=O. The Bertz CT molecular complexity index is 704. The predicted molar refractivity (Wildman–Crippen MR) is 99.4 cm³/mol. The van der Waals surface area contributed by atoms with Crippen LogP contribution in [0.4, 0.5) is 0 Å². The van der Waals surface area contributed by atoms with Crippen LogP contribution in [-0.2, 0) is 11.2 Å². The maximum Gasteiger partial charge on any atom is 0.216 e. The second kappa shape index (κ2) is 8.96. The van der Waals surface area contributed by atoms with E-state index in [1.807, 2.05) is 6.92 Å². The van der Waals surface area contributed by atoms with Gasteiger partial charge in [0.15, 0.2) is 5.96 Å². The smallest absolute Gasteiger partial charge is 0.216 e. The van der Waals surface area contributed by atoms with Crippen molar-refractivity contribution in [2.45, 2.75) is 27.2 Å². The highest BCUT2D eigenvalue weighted by Gasteiger charge is 2.04. The second-order valence-corrected chi connectivity index (χ2v) is 5.78. The molecule has 0 saturated carbocycles. The highest BCUT2D eigenvalue weighted by Crippen LogP contribution is 2.19. The van der Waals surface area contributed by atoms with E-state index in [-0.39, 0.29) is 5.91 Å². The first kappa shape index (κ1) is 17.8. The normalized spacial score (nSPS) is 11.5. The number of nitrogens with zero attached hydrogens (tertiary/aromatic N) is 1. The minimum atomic E-state index is -0.0201. The van der Waals surface area contributed by atoms with Gasteiger partial charge in [-0.2, -0.15) is 0 Å². The number of H-pyrrole nitrogens is 1. The molecule has 4 N–H and O–H groups in total. The molecule has 0 saturated heterocycles. The zero-order valence-corrected chi connectivity index (χ0v) is 14.7. The Kier molecular flexibility index (Phi) is 6.66. The standard InChI is InChI=1S/C18H27N5O/c1-4-19-18(22-10-9-20-14(3)24)21-8-7-15-12-23-17-11-13(2)5-6-16(15)17/h5-6,11-12,23H,4,7-10H2,1-3H3,(H,20,24)(H2,19,21,22). The lowest BCUT2D eigenvalue weighted by Crippen LogP contribution is -2.41. The van der Waals surface area contributed by atoms with E-state index in [1.165, 1.54) is 29.0 Å². The van der Waals surface area contributed by atoms with Crippen LogP contribution < -0.4 is 16.0 Å². The topological polar surface area (TPSA) is 81.3 Å². The van der Waals surface area contributed by atoms with E-state index in [2.05, 4.69) is 57.2 Å². The number of aromatic amines is 1. The fourth-order valence-electron chi connectivity index (χ4n) is 2.56. The van der Waals surface area contributed by atoms with Crippen molar-refractivity contribution in [1.82, 2.24) is 20.9 Å². The molecule has 0 atom stereocenters. The summed E-state index contributed by atoms with van der Waals surface area (Å²) in [5.41, 5.74) is 3.71. The number of aromatic nitrogens is 1. The van der Waals surface area contributed by atoms with Crippen LogP contribution in [0.25, 0.3) is 10.9 Å². The lowest BCUT2D eigenvalue weighted by Gasteiger charge is -2.11. The largest absolute Gasteiger partial charge is 0.361 e. The molecule has 6 nitrogen and oxygen atoms in total. The summed E-state index contributed by atoms with van der Waals surface area (Å²) in [5, 5.41) is 10.5. The van der Waals surface area contributed by atoms with Gasteiger partial charge in [-0.25, -0.2) is 0 Å². The van der Waals surface area contributed by atoms with Gasteiger partial charge in [0.05, 0.1) is 0 Å². The fourth-order valence-corrected chi connectivity index (χ4v) is 2.56. The monoisotopic (exact) mass is 329 g/mol. The minimum absolute atomic E-state index is 0.0201. The summed E-state index contributed by atoms with van der Waals surface area (Å²) >= 11 is 0. The first-order chi connectivity index (χ1) is 11.6. The zero-order chi connectivity index (χ0) is 17.4. The van der Waals surface area contributed by atoms with Crippen molar-refractivity contribution >= 4 is 22.8 Å². The number of benzene rings is 1. The summed E-state index contributed by atoms with van der Waals surface area (Å²) in [6.45, 7) is 8.39. The third kappa shape index (κ3) is 5.30. The number of hydrogen-bond acceptors (Lipinski definition) is 2. The van der Waals surface area contributed by atoms with Gasteiger partial charge in [-0.15, -0.1) is 0 Å². The number of carbonyl (C=O) groups excluding carboxylic acids is 1. The molecule has 0 aliphatic rings. The predicted octanol–water partition coefficient (Wildman–Crippen LogP) is 1.71. The number of fused-ring (bicyclic) bond motifs is 1. The van der Waals surface area contributed by atoms with Gasteiger partial charge >= 0.3 is 0 Å². The molecule has 0 bridgehead atoms. The second-order valence-electron chi connectivity index (χ2n) is 5.78. The van der Waals surface area contributed by atoms with Crippen molar-refractivity contribution in [3.05, 3.63) is 35.5 Å². The Hall–Kier alpha value is -2.50. The van der Waals surface area contributed by atoms with Gasteiger partial charge in [0.2, 0.25) is 5.91 Å². The summed E-state index contributed by atoms with van der Waals surface area (Å²) in [6, 6.07) is 6.46. The van der Waals surface area contributed by atoms with Crippen LogP contribution >= 0.6 is 0 Å². The molecule has 130 valence electrons. The first-order valence-electron chi connectivity index (χ1n) is 8.43. The van der Waals surface area contributed by atoms with Crippen LogP contribution in [0.5, 0.6) is 0 Å². The van der Waals surface area contributed by atoms with Crippen LogP contribution in [0.2, 0.25) is 0 Å². The van der Waals surface area contributed by atoms with E-state index in [9.17, 15) is 4.79 Å². The highest BCUT2D eigenvalue weighted by molar-refractivity contribution is 5.84. The lowest BCUT2D eigenvalue weighted by molar-refractivity contribution is -0.118. The Labute approximate surface area is 143 Å². The number of nitrogens with one attached hydrogen (secondary N) is 4. The molecule has 0 fully saturated rings. The summed E-state index contributed by atoms with van der Waals surface area (Å²) in [6.07, 6.45) is 2.95. The van der Waals surface area contributed by atoms with E-state index in [1.54, 1.807) is 0 Å². The van der Waals surface area contributed by atoms with Crippen LogP contribution in [0, 0.1) is 6.92 Å². The number of hydrogen-bond donors (Lipinski definition) is 4. The van der Waals surface area contributed by atoms with Gasteiger partial charge in [0, 0.05) is 50.2 Å². The molecule has 1 heterocycles. The first-order valence-corrected chi connectivity index (χ1v) is 8.43. The molecule has 2 aromatic rings. The molecule has 0 radical (unpaired) electrons. The Morgan fingerprint density at radius 2 is 2.00 bits per heavy atom. The van der Waals surface area contributed by atoms with Gasteiger partial charge in [0.1, 0.15) is 0 Å². The lowest BCUT2D eigenvalue weighted by atomic mass is 10.1. The number of aliphatic imine (C=N–C) groups is 1. The zero-order valence-electron chi connectivity index (χ0n) is 14.7. The van der Waals surface area contributed by atoms with Crippen molar-refractivity contribution < 1.29 is 4.79 Å². The van der Waals surface area contributed by atoms with Gasteiger partial charge in [0.25, 0.3) is 0 Å². The van der Waals surface area contributed by atoms with Crippen molar-refractivity contribution in [3.8, 4) is 0 Å².